The molecular formula is C14H22N2O4S. The second-order valence-corrected chi connectivity index (χ2v) is 6.97. The number of nitrogens with one attached hydrogen (secondary N) is 1. The Hall–Kier alpha value is -1.63. The van der Waals surface area contributed by atoms with Gasteiger partial charge in [-0.25, -0.2) is 0 Å². The van der Waals surface area contributed by atoms with E-state index < -0.39 is 15.7 Å². The van der Waals surface area contributed by atoms with Crippen molar-refractivity contribution in [2.24, 2.45) is 0 Å². The lowest BCUT2D eigenvalue weighted by Gasteiger charge is -2.13. The van der Waals surface area contributed by atoms with Crippen LogP contribution in [0.1, 0.15) is 27.2 Å². The zero-order valence-corrected chi connectivity index (χ0v) is 13.6. The van der Waals surface area contributed by atoms with Crippen LogP contribution in [0, 0.1) is 10.1 Å². The number of hydrogen-bond donors (Lipinski definition) is 1. The number of ether oxygens (including phenoxy) is 1. The van der Waals surface area contributed by atoms with E-state index in [9.17, 15) is 14.3 Å². The zero-order valence-electron chi connectivity index (χ0n) is 12.8. The van der Waals surface area contributed by atoms with Crippen molar-refractivity contribution in [1.29, 1.82) is 0 Å². The monoisotopic (exact) mass is 314 g/mol. The van der Waals surface area contributed by atoms with Gasteiger partial charge in [0.25, 0.3) is 5.69 Å². The molecule has 21 heavy (non-hydrogen) atoms. The first-order valence-electron chi connectivity index (χ1n) is 6.82. The summed E-state index contributed by atoms with van der Waals surface area (Å²) in [5.41, 5.74) is 0.622. The number of hydrogen-bond acceptors (Lipinski definition) is 5. The highest BCUT2D eigenvalue weighted by Gasteiger charge is 2.12. The number of nitro groups is 1. The lowest BCUT2D eigenvalue weighted by atomic mass is 10.2. The largest absolute Gasteiger partial charge is 0.491 e. The van der Waals surface area contributed by atoms with Gasteiger partial charge in [0.05, 0.1) is 17.1 Å². The Labute approximate surface area is 127 Å². The van der Waals surface area contributed by atoms with Gasteiger partial charge in [-0.1, -0.05) is 6.92 Å². The molecular weight excluding hydrogens is 292 g/mol. The second-order valence-electron chi connectivity index (χ2n) is 5.16. The van der Waals surface area contributed by atoms with Crippen molar-refractivity contribution in [2.75, 3.05) is 18.1 Å². The number of non-ortho nitro benzene ring substituents is 1. The molecule has 0 aromatic heterocycles. The second kappa shape index (κ2) is 7.97. The molecule has 7 heteroatoms. The van der Waals surface area contributed by atoms with Crippen LogP contribution in [-0.2, 0) is 10.8 Å². The molecule has 118 valence electrons. The summed E-state index contributed by atoms with van der Waals surface area (Å²) < 4.78 is 16.8. The highest BCUT2D eigenvalue weighted by Crippen LogP contribution is 2.26. The van der Waals surface area contributed by atoms with Crippen molar-refractivity contribution < 1.29 is 13.9 Å². The van der Waals surface area contributed by atoms with Crippen molar-refractivity contribution in [3.05, 3.63) is 28.3 Å². The van der Waals surface area contributed by atoms with Gasteiger partial charge in [-0.2, -0.15) is 0 Å². The fraction of sp³-hybridized carbons (Fsp3) is 0.571. The maximum atomic E-state index is 11.3. The minimum absolute atomic E-state index is 0.0113. The van der Waals surface area contributed by atoms with Gasteiger partial charge in [-0.15, -0.1) is 0 Å². The van der Waals surface area contributed by atoms with E-state index in [-0.39, 0.29) is 17.0 Å². The summed E-state index contributed by atoms with van der Waals surface area (Å²) in [4.78, 5) is 10.5. The zero-order chi connectivity index (χ0) is 16.0. The van der Waals surface area contributed by atoms with Crippen LogP contribution < -0.4 is 10.1 Å². The van der Waals surface area contributed by atoms with E-state index in [4.69, 9.17) is 4.74 Å². The smallest absolute Gasteiger partial charge is 0.275 e. The van der Waals surface area contributed by atoms with Crippen molar-refractivity contribution in [2.45, 2.75) is 38.5 Å². The summed E-state index contributed by atoms with van der Waals surface area (Å²) in [5.74, 6) is 0.466. The highest BCUT2D eigenvalue weighted by molar-refractivity contribution is 7.84. The maximum absolute atomic E-state index is 11.3. The number of rotatable bonds is 8. The summed E-state index contributed by atoms with van der Waals surface area (Å²) in [5, 5.41) is 14.2. The Morgan fingerprint density at radius 3 is 2.52 bits per heavy atom. The summed E-state index contributed by atoms with van der Waals surface area (Å²) in [6, 6.07) is 4.62. The van der Waals surface area contributed by atoms with E-state index in [1.807, 2.05) is 20.8 Å². The first-order chi connectivity index (χ1) is 9.79. The molecule has 2 atom stereocenters. The van der Waals surface area contributed by atoms with E-state index in [1.165, 1.54) is 12.1 Å². The molecule has 0 radical (unpaired) electrons. The van der Waals surface area contributed by atoms with Crippen LogP contribution in [0.3, 0.4) is 0 Å². The van der Waals surface area contributed by atoms with Gasteiger partial charge in [0.1, 0.15) is 5.75 Å². The third-order valence-electron chi connectivity index (χ3n) is 2.92. The molecule has 0 saturated heterocycles. The SMILES string of the molecule is CC(C)Oc1cc(NCCC(C)S(C)=O)cc([N+](=O)[O-])c1. The summed E-state index contributed by atoms with van der Waals surface area (Å²) >= 11 is 0. The maximum Gasteiger partial charge on any atom is 0.275 e. The molecule has 1 aromatic carbocycles. The van der Waals surface area contributed by atoms with Crippen molar-refractivity contribution in [1.82, 2.24) is 0 Å². The number of nitro benzene ring substituents is 1. The van der Waals surface area contributed by atoms with Crippen molar-refractivity contribution in [3.8, 4) is 5.75 Å². The Morgan fingerprint density at radius 1 is 1.33 bits per heavy atom. The van der Waals surface area contributed by atoms with Crippen LogP contribution in [0.5, 0.6) is 5.75 Å². The van der Waals surface area contributed by atoms with Crippen LogP contribution in [0.25, 0.3) is 0 Å². The molecule has 0 fully saturated rings. The highest BCUT2D eigenvalue weighted by atomic mass is 32.2. The molecule has 6 nitrogen and oxygen atoms in total. The van der Waals surface area contributed by atoms with Gasteiger partial charge in [0.2, 0.25) is 0 Å². The number of benzene rings is 1. The fourth-order valence-corrected chi connectivity index (χ4v) is 2.17. The Kier molecular flexibility index (Phi) is 6.61. The minimum Gasteiger partial charge on any atom is -0.491 e. The normalized spacial score (nSPS) is 13.8. The molecule has 1 N–H and O–H groups in total. The van der Waals surface area contributed by atoms with Crippen LogP contribution in [0.2, 0.25) is 0 Å². The number of anilines is 1. The Morgan fingerprint density at radius 2 is 2.00 bits per heavy atom. The minimum atomic E-state index is -0.865. The number of nitrogens with zero attached hydrogens (tertiary/aromatic N) is 1. The first-order valence-corrected chi connectivity index (χ1v) is 8.44. The van der Waals surface area contributed by atoms with E-state index in [0.29, 0.717) is 18.0 Å². The lowest BCUT2D eigenvalue weighted by molar-refractivity contribution is -0.384. The van der Waals surface area contributed by atoms with Crippen molar-refractivity contribution >= 4 is 22.2 Å². The van der Waals surface area contributed by atoms with Crippen LogP contribution in [0.4, 0.5) is 11.4 Å². The quantitative estimate of drug-likeness (QED) is 0.589. The lowest BCUT2D eigenvalue weighted by Crippen LogP contribution is -2.15. The molecule has 0 spiro atoms. The van der Waals surface area contributed by atoms with E-state index in [1.54, 1.807) is 12.3 Å². The van der Waals surface area contributed by atoms with Gasteiger partial charge in [0.15, 0.2) is 0 Å². The van der Waals surface area contributed by atoms with Crippen molar-refractivity contribution in [3.63, 3.8) is 0 Å². The third-order valence-corrected chi connectivity index (χ3v) is 4.29. The average molecular weight is 314 g/mol. The summed E-state index contributed by atoms with van der Waals surface area (Å²) in [6.07, 6.45) is 2.35. The molecule has 1 rings (SSSR count). The predicted octanol–water partition coefficient (Wildman–Crippen LogP) is 2.95. The van der Waals surface area contributed by atoms with Gasteiger partial charge < -0.3 is 10.1 Å². The Balaban J connectivity index is 2.78. The molecule has 0 saturated carbocycles. The van der Waals surface area contributed by atoms with Gasteiger partial charge >= 0.3 is 0 Å². The molecule has 0 heterocycles. The van der Waals surface area contributed by atoms with Crippen LogP contribution in [0.15, 0.2) is 18.2 Å². The molecule has 0 amide bonds. The average Bonchev–Trinajstić information content (AvgIpc) is 2.37. The standard InChI is InChI=1S/C14H22N2O4S/c1-10(2)20-14-8-12(7-13(9-14)16(17)18)15-6-5-11(3)21(4)19/h7-11,15H,5-6H2,1-4H3. The van der Waals surface area contributed by atoms with Gasteiger partial charge in [0, 0.05) is 46.7 Å². The molecule has 0 bridgehead atoms. The molecule has 1 aromatic rings. The molecule has 0 aliphatic carbocycles. The molecule has 2 unspecified atom stereocenters. The topological polar surface area (TPSA) is 81.5 Å². The van der Waals surface area contributed by atoms with Crippen LogP contribution >= 0.6 is 0 Å². The van der Waals surface area contributed by atoms with Crippen LogP contribution in [-0.4, -0.2) is 33.3 Å². The fourth-order valence-electron chi connectivity index (χ4n) is 1.72. The van der Waals surface area contributed by atoms with E-state index in [2.05, 4.69) is 5.32 Å². The van der Waals surface area contributed by atoms with E-state index in [0.717, 1.165) is 6.42 Å². The molecule has 0 aliphatic rings. The Bertz CT molecular complexity index is 520. The molecule has 0 aliphatic heterocycles. The summed E-state index contributed by atoms with van der Waals surface area (Å²) in [7, 11) is -0.865. The third kappa shape index (κ3) is 6.12. The van der Waals surface area contributed by atoms with Gasteiger partial charge in [-0.3, -0.25) is 14.3 Å². The predicted molar refractivity (Wildman–Crippen MR) is 85.5 cm³/mol. The first kappa shape index (κ1) is 17.4. The van der Waals surface area contributed by atoms with Gasteiger partial charge in [-0.05, 0) is 20.3 Å². The van der Waals surface area contributed by atoms with E-state index >= 15 is 0 Å². The summed E-state index contributed by atoms with van der Waals surface area (Å²) in [6.45, 7) is 6.25.